The molecule has 0 aliphatic rings. The minimum atomic E-state index is -0.583. The van der Waals surface area contributed by atoms with Gasteiger partial charge in [-0.3, -0.25) is 10.1 Å². The van der Waals surface area contributed by atoms with Gasteiger partial charge in [0.15, 0.2) is 0 Å². The number of hydrogen-bond donors (Lipinski definition) is 1. The van der Waals surface area contributed by atoms with Gasteiger partial charge in [0.2, 0.25) is 5.13 Å². The van der Waals surface area contributed by atoms with E-state index in [0.717, 1.165) is 5.01 Å². The second-order valence-corrected chi connectivity index (χ2v) is 6.10. The molecule has 19 heavy (non-hydrogen) atoms. The Bertz CT molecular complexity index is 615. The molecule has 100 valence electrons. The number of carbonyl (C=O) groups is 1. The fourth-order valence-corrected chi connectivity index (χ4v) is 2.43. The van der Waals surface area contributed by atoms with Crippen molar-refractivity contribution in [2.75, 3.05) is 5.32 Å². The van der Waals surface area contributed by atoms with Crippen LogP contribution in [0.2, 0.25) is 0 Å². The van der Waals surface area contributed by atoms with Crippen molar-refractivity contribution < 1.29 is 9.18 Å². The third-order valence-corrected chi connectivity index (χ3v) is 3.96. The topological polar surface area (TPSA) is 54.9 Å². The van der Waals surface area contributed by atoms with E-state index in [2.05, 4.69) is 31.4 Å². The van der Waals surface area contributed by atoms with Crippen LogP contribution >= 0.6 is 27.3 Å². The van der Waals surface area contributed by atoms with Crippen LogP contribution in [0.25, 0.3) is 0 Å². The molecule has 0 fully saturated rings. The molecule has 0 spiro atoms. The van der Waals surface area contributed by atoms with Gasteiger partial charge in [0.25, 0.3) is 5.91 Å². The van der Waals surface area contributed by atoms with Gasteiger partial charge in [-0.15, -0.1) is 10.2 Å². The number of nitrogens with zero attached hydrogens (tertiary/aromatic N) is 2. The highest BCUT2D eigenvalue weighted by Crippen LogP contribution is 2.23. The minimum Gasteiger partial charge on any atom is -0.296 e. The lowest BCUT2D eigenvalue weighted by Gasteiger charge is -2.03. The van der Waals surface area contributed by atoms with E-state index >= 15 is 0 Å². The van der Waals surface area contributed by atoms with E-state index in [1.807, 2.05) is 13.8 Å². The molecule has 4 nitrogen and oxygen atoms in total. The Hall–Kier alpha value is -1.34. The van der Waals surface area contributed by atoms with E-state index in [4.69, 9.17) is 0 Å². The molecule has 1 aromatic carbocycles. The van der Waals surface area contributed by atoms with Gasteiger partial charge in [-0.2, -0.15) is 0 Å². The van der Waals surface area contributed by atoms with E-state index < -0.39 is 11.7 Å². The van der Waals surface area contributed by atoms with Crippen LogP contribution in [0, 0.1) is 5.82 Å². The zero-order valence-electron chi connectivity index (χ0n) is 10.3. The highest BCUT2D eigenvalue weighted by Gasteiger charge is 2.15. The van der Waals surface area contributed by atoms with E-state index in [0.29, 0.717) is 9.60 Å². The van der Waals surface area contributed by atoms with Gasteiger partial charge in [0.1, 0.15) is 10.8 Å². The van der Waals surface area contributed by atoms with Crippen molar-refractivity contribution in [3.05, 3.63) is 39.1 Å². The van der Waals surface area contributed by atoms with E-state index in [-0.39, 0.29) is 11.5 Å². The minimum absolute atomic E-state index is 0.0236. The van der Waals surface area contributed by atoms with Crippen LogP contribution in [-0.4, -0.2) is 16.1 Å². The van der Waals surface area contributed by atoms with Crippen LogP contribution in [0.1, 0.15) is 35.1 Å². The molecule has 0 saturated heterocycles. The monoisotopic (exact) mass is 343 g/mol. The number of nitrogens with one attached hydrogen (secondary N) is 1. The van der Waals surface area contributed by atoms with Gasteiger partial charge < -0.3 is 0 Å². The molecule has 1 amide bonds. The van der Waals surface area contributed by atoms with E-state index in [9.17, 15) is 9.18 Å². The number of benzene rings is 1. The molecular formula is C12H11BrFN3OS. The average Bonchev–Trinajstić information content (AvgIpc) is 2.77. The molecular weight excluding hydrogens is 333 g/mol. The maximum Gasteiger partial charge on any atom is 0.260 e. The fraction of sp³-hybridized carbons (Fsp3) is 0.250. The number of halogens is 2. The number of anilines is 1. The van der Waals surface area contributed by atoms with Crippen molar-refractivity contribution in [2.24, 2.45) is 0 Å². The first-order valence-corrected chi connectivity index (χ1v) is 7.18. The summed E-state index contributed by atoms with van der Waals surface area (Å²) in [6, 6.07) is 4.27. The average molecular weight is 344 g/mol. The molecule has 0 aliphatic heterocycles. The summed E-state index contributed by atoms with van der Waals surface area (Å²) in [6.45, 7) is 3.97. The van der Waals surface area contributed by atoms with Crippen molar-refractivity contribution in [1.82, 2.24) is 10.2 Å². The van der Waals surface area contributed by atoms with Crippen LogP contribution in [0.5, 0.6) is 0 Å². The number of hydrogen-bond acceptors (Lipinski definition) is 4. The maximum absolute atomic E-state index is 13.6. The lowest BCUT2D eigenvalue weighted by atomic mass is 10.2. The molecule has 0 bridgehead atoms. The summed E-state index contributed by atoms with van der Waals surface area (Å²) in [5, 5.41) is 11.5. The van der Waals surface area contributed by atoms with Crippen molar-refractivity contribution in [2.45, 2.75) is 19.8 Å². The predicted octanol–water partition coefficient (Wildman–Crippen LogP) is 3.82. The summed E-state index contributed by atoms with van der Waals surface area (Å²) in [6.07, 6.45) is 0. The first-order valence-electron chi connectivity index (χ1n) is 5.57. The van der Waals surface area contributed by atoms with Crippen LogP contribution in [0.3, 0.4) is 0 Å². The van der Waals surface area contributed by atoms with Crippen molar-refractivity contribution in [3.8, 4) is 0 Å². The largest absolute Gasteiger partial charge is 0.296 e. The fourth-order valence-electron chi connectivity index (χ4n) is 1.36. The van der Waals surface area contributed by atoms with Crippen LogP contribution in [0.4, 0.5) is 9.52 Å². The van der Waals surface area contributed by atoms with Gasteiger partial charge in [-0.25, -0.2) is 4.39 Å². The van der Waals surface area contributed by atoms with Crippen molar-refractivity contribution in [1.29, 1.82) is 0 Å². The second-order valence-electron chi connectivity index (χ2n) is 4.18. The van der Waals surface area contributed by atoms with Crippen molar-refractivity contribution in [3.63, 3.8) is 0 Å². The number of rotatable bonds is 3. The van der Waals surface area contributed by atoms with Gasteiger partial charge in [-0.05, 0) is 18.2 Å². The third-order valence-electron chi connectivity index (χ3n) is 2.33. The smallest absolute Gasteiger partial charge is 0.260 e. The summed E-state index contributed by atoms with van der Waals surface area (Å²) >= 11 is 4.43. The van der Waals surface area contributed by atoms with Crippen LogP contribution in [-0.2, 0) is 0 Å². The standard InChI is InChI=1S/C12H11BrFN3OS/c1-6(2)11-16-17-12(19-11)15-10(18)8-4-3-7(13)5-9(8)14/h3-6H,1-2H3,(H,15,17,18). The highest BCUT2D eigenvalue weighted by atomic mass is 79.9. The summed E-state index contributed by atoms with van der Waals surface area (Å²) < 4.78 is 14.2. The Balaban J connectivity index is 2.16. The number of aromatic nitrogens is 2. The van der Waals surface area contributed by atoms with E-state index in [1.54, 1.807) is 6.07 Å². The molecule has 1 heterocycles. The van der Waals surface area contributed by atoms with Crippen LogP contribution in [0.15, 0.2) is 22.7 Å². The Morgan fingerprint density at radius 1 is 1.42 bits per heavy atom. The molecule has 7 heteroatoms. The van der Waals surface area contributed by atoms with E-state index in [1.165, 1.54) is 23.5 Å². The van der Waals surface area contributed by atoms with Gasteiger partial charge in [-0.1, -0.05) is 41.1 Å². The first kappa shape index (κ1) is 14.1. The quantitative estimate of drug-likeness (QED) is 0.921. The maximum atomic E-state index is 13.6. The molecule has 0 unspecified atom stereocenters. The molecule has 1 N–H and O–H groups in total. The third kappa shape index (κ3) is 3.36. The van der Waals surface area contributed by atoms with Crippen molar-refractivity contribution >= 4 is 38.3 Å². The molecule has 1 aromatic heterocycles. The summed E-state index contributed by atoms with van der Waals surface area (Å²) in [5.41, 5.74) is -0.0236. The lowest BCUT2D eigenvalue weighted by Crippen LogP contribution is -2.13. The lowest BCUT2D eigenvalue weighted by molar-refractivity contribution is 0.102. The Morgan fingerprint density at radius 2 is 2.16 bits per heavy atom. The van der Waals surface area contributed by atoms with Gasteiger partial charge in [0.05, 0.1) is 5.56 Å². The Kier molecular flexibility index (Phi) is 4.26. The molecule has 2 aromatic rings. The summed E-state index contributed by atoms with van der Waals surface area (Å²) in [5.74, 6) is -0.871. The summed E-state index contributed by atoms with van der Waals surface area (Å²) in [7, 11) is 0. The van der Waals surface area contributed by atoms with Gasteiger partial charge >= 0.3 is 0 Å². The molecule has 0 aliphatic carbocycles. The molecule has 0 atom stereocenters. The number of amides is 1. The Morgan fingerprint density at radius 3 is 2.74 bits per heavy atom. The zero-order chi connectivity index (χ0) is 14.0. The SMILES string of the molecule is CC(C)c1nnc(NC(=O)c2ccc(Br)cc2F)s1. The highest BCUT2D eigenvalue weighted by molar-refractivity contribution is 9.10. The molecule has 0 saturated carbocycles. The first-order chi connectivity index (χ1) is 8.97. The normalized spacial score (nSPS) is 10.8. The summed E-state index contributed by atoms with van der Waals surface area (Å²) in [4.78, 5) is 11.9. The predicted molar refractivity (Wildman–Crippen MR) is 76.1 cm³/mol. The van der Waals surface area contributed by atoms with Gasteiger partial charge in [0, 0.05) is 10.4 Å². The zero-order valence-corrected chi connectivity index (χ0v) is 12.7. The molecule has 0 radical (unpaired) electrons. The molecule has 2 rings (SSSR count). The Labute approximate surface area is 122 Å². The number of carbonyl (C=O) groups excluding carboxylic acids is 1. The second kappa shape index (κ2) is 5.75. The van der Waals surface area contributed by atoms with Crippen LogP contribution < -0.4 is 5.32 Å².